The fourth-order valence-corrected chi connectivity index (χ4v) is 4.23. The number of carbonyl (C=O) groups is 1. The van der Waals surface area contributed by atoms with Crippen LogP contribution in [0.5, 0.6) is 11.5 Å². The number of piperidine rings is 1. The van der Waals surface area contributed by atoms with Crippen molar-refractivity contribution in [3.63, 3.8) is 0 Å². The minimum Gasteiger partial charge on any atom is -0.497 e. The van der Waals surface area contributed by atoms with Gasteiger partial charge in [-0.2, -0.15) is 0 Å². The van der Waals surface area contributed by atoms with Crippen LogP contribution in [0, 0.1) is 0 Å². The van der Waals surface area contributed by atoms with Crippen LogP contribution in [0.2, 0.25) is 0 Å². The average molecular weight is 449 g/mol. The van der Waals surface area contributed by atoms with Crippen molar-refractivity contribution in [2.45, 2.75) is 25.4 Å². The van der Waals surface area contributed by atoms with Crippen LogP contribution in [-0.4, -0.2) is 57.4 Å². The maximum Gasteiger partial charge on any atom is 0.251 e. The number of likely N-dealkylation sites (tertiary alicyclic amines) is 1. The van der Waals surface area contributed by atoms with Crippen molar-refractivity contribution in [3.8, 4) is 11.5 Å². The number of carbonyl (C=O) groups excluding carboxylic acids is 1. The Bertz CT molecular complexity index is 1080. The number of fused-ring (bicyclic) bond motifs is 1. The van der Waals surface area contributed by atoms with Crippen molar-refractivity contribution in [2.75, 3.05) is 40.5 Å². The van der Waals surface area contributed by atoms with Gasteiger partial charge in [-0.3, -0.25) is 9.69 Å². The number of nitrogens with one attached hydrogen (secondary N) is 1. The summed E-state index contributed by atoms with van der Waals surface area (Å²) in [6.07, 6.45) is 1.89. The zero-order chi connectivity index (χ0) is 23.0. The van der Waals surface area contributed by atoms with E-state index in [4.69, 9.17) is 14.2 Å². The molecular weight excluding hydrogens is 416 g/mol. The Morgan fingerprint density at radius 1 is 0.939 bits per heavy atom. The van der Waals surface area contributed by atoms with Gasteiger partial charge in [-0.25, -0.2) is 0 Å². The zero-order valence-electron chi connectivity index (χ0n) is 19.4. The molecule has 0 unspecified atom stereocenters. The van der Waals surface area contributed by atoms with E-state index in [0.29, 0.717) is 24.5 Å². The Labute approximate surface area is 195 Å². The van der Waals surface area contributed by atoms with Gasteiger partial charge in [0.05, 0.1) is 13.7 Å². The number of ether oxygens (including phenoxy) is 3. The quantitative estimate of drug-likeness (QED) is 0.496. The topological polar surface area (TPSA) is 60.0 Å². The largest absolute Gasteiger partial charge is 0.497 e. The van der Waals surface area contributed by atoms with Crippen LogP contribution >= 0.6 is 0 Å². The molecule has 0 saturated carbocycles. The minimum atomic E-state index is -0.0367. The van der Waals surface area contributed by atoms with E-state index in [2.05, 4.69) is 40.5 Å². The van der Waals surface area contributed by atoms with Gasteiger partial charge in [0.25, 0.3) is 5.91 Å². The molecule has 0 bridgehead atoms. The van der Waals surface area contributed by atoms with Gasteiger partial charge in [-0.05, 0) is 65.6 Å². The van der Waals surface area contributed by atoms with Gasteiger partial charge in [0, 0.05) is 38.3 Å². The molecule has 33 heavy (non-hydrogen) atoms. The molecule has 1 saturated heterocycles. The highest BCUT2D eigenvalue weighted by atomic mass is 16.5. The molecule has 174 valence electrons. The zero-order valence-corrected chi connectivity index (χ0v) is 19.4. The molecule has 0 spiro atoms. The first-order chi connectivity index (χ1) is 16.1. The van der Waals surface area contributed by atoms with Crippen molar-refractivity contribution < 1.29 is 19.0 Å². The monoisotopic (exact) mass is 448 g/mol. The number of nitrogens with zero attached hydrogens (tertiary/aromatic N) is 1. The van der Waals surface area contributed by atoms with E-state index in [1.54, 1.807) is 20.3 Å². The number of hydrogen-bond acceptors (Lipinski definition) is 5. The fraction of sp³-hybridized carbons (Fsp3) is 0.370. The maximum atomic E-state index is 12.6. The summed E-state index contributed by atoms with van der Waals surface area (Å²) in [7, 11) is 3.28. The standard InChI is InChI=1S/C27H32N2O4/c1-31-14-15-33-26-9-8-21-7-6-20(16-23(21)18-26)19-29-12-10-24(11-13-29)28-27(30)22-4-3-5-25(17-22)32-2/h3-9,16-18,24H,10-15,19H2,1-2H3,(H,28,30). The second-order valence-electron chi connectivity index (χ2n) is 8.44. The van der Waals surface area contributed by atoms with Crippen LogP contribution in [0.4, 0.5) is 0 Å². The summed E-state index contributed by atoms with van der Waals surface area (Å²) < 4.78 is 16.0. The van der Waals surface area contributed by atoms with E-state index in [-0.39, 0.29) is 11.9 Å². The first-order valence-electron chi connectivity index (χ1n) is 11.5. The van der Waals surface area contributed by atoms with Gasteiger partial charge < -0.3 is 19.5 Å². The highest BCUT2D eigenvalue weighted by Crippen LogP contribution is 2.24. The molecule has 1 aliphatic rings. The van der Waals surface area contributed by atoms with E-state index >= 15 is 0 Å². The molecule has 1 heterocycles. The number of methoxy groups -OCH3 is 2. The van der Waals surface area contributed by atoms with E-state index in [1.807, 2.05) is 24.3 Å². The smallest absolute Gasteiger partial charge is 0.251 e. The molecular formula is C27H32N2O4. The average Bonchev–Trinajstić information content (AvgIpc) is 2.85. The number of benzene rings is 3. The molecule has 1 fully saturated rings. The van der Waals surface area contributed by atoms with Crippen LogP contribution in [-0.2, 0) is 11.3 Å². The lowest BCUT2D eigenvalue weighted by atomic mass is 10.0. The number of amides is 1. The van der Waals surface area contributed by atoms with Gasteiger partial charge >= 0.3 is 0 Å². The number of hydrogen-bond donors (Lipinski definition) is 1. The predicted octanol–water partition coefficient (Wildman–Crippen LogP) is 4.27. The predicted molar refractivity (Wildman–Crippen MR) is 130 cm³/mol. The lowest BCUT2D eigenvalue weighted by Crippen LogP contribution is -2.44. The highest BCUT2D eigenvalue weighted by molar-refractivity contribution is 5.94. The summed E-state index contributed by atoms with van der Waals surface area (Å²) in [5.41, 5.74) is 1.92. The summed E-state index contributed by atoms with van der Waals surface area (Å²) in [5, 5.41) is 5.57. The molecule has 3 aromatic rings. The molecule has 0 aliphatic carbocycles. The highest BCUT2D eigenvalue weighted by Gasteiger charge is 2.21. The minimum absolute atomic E-state index is 0.0367. The molecule has 1 N–H and O–H groups in total. The lowest BCUT2D eigenvalue weighted by Gasteiger charge is -2.32. The second-order valence-corrected chi connectivity index (χ2v) is 8.44. The van der Waals surface area contributed by atoms with Crippen molar-refractivity contribution in [1.29, 1.82) is 0 Å². The van der Waals surface area contributed by atoms with Gasteiger partial charge in [0.2, 0.25) is 0 Å². The molecule has 0 aromatic heterocycles. The third kappa shape index (κ3) is 6.24. The van der Waals surface area contributed by atoms with E-state index in [0.717, 1.165) is 38.2 Å². The third-order valence-electron chi connectivity index (χ3n) is 6.09. The molecule has 6 nitrogen and oxygen atoms in total. The normalized spacial score (nSPS) is 14.8. The van der Waals surface area contributed by atoms with Gasteiger partial charge in [0.1, 0.15) is 18.1 Å². The van der Waals surface area contributed by atoms with Crippen molar-refractivity contribution in [1.82, 2.24) is 10.2 Å². The molecule has 1 aliphatic heterocycles. The SMILES string of the molecule is COCCOc1ccc2ccc(CN3CCC(NC(=O)c4cccc(OC)c4)CC3)cc2c1. The lowest BCUT2D eigenvalue weighted by molar-refractivity contribution is 0.0908. The maximum absolute atomic E-state index is 12.6. The molecule has 0 atom stereocenters. The molecule has 0 radical (unpaired) electrons. The van der Waals surface area contributed by atoms with Gasteiger partial charge in [-0.1, -0.05) is 24.3 Å². The van der Waals surface area contributed by atoms with E-state index in [9.17, 15) is 4.79 Å². The van der Waals surface area contributed by atoms with E-state index in [1.165, 1.54) is 16.3 Å². The van der Waals surface area contributed by atoms with Crippen LogP contribution in [0.15, 0.2) is 60.7 Å². The van der Waals surface area contributed by atoms with Crippen molar-refractivity contribution in [3.05, 3.63) is 71.8 Å². The first-order valence-corrected chi connectivity index (χ1v) is 11.5. The summed E-state index contributed by atoms with van der Waals surface area (Å²) in [5.74, 6) is 1.52. The molecule has 4 rings (SSSR count). The fourth-order valence-electron chi connectivity index (χ4n) is 4.23. The van der Waals surface area contributed by atoms with Crippen LogP contribution in [0.25, 0.3) is 10.8 Å². The Balaban J connectivity index is 1.30. The van der Waals surface area contributed by atoms with Crippen LogP contribution in [0.1, 0.15) is 28.8 Å². The van der Waals surface area contributed by atoms with Crippen LogP contribution in [0.3, 0.4) is 0 Å². The summed E-state index contributed by atoms with van der Waals surface area (Å²) in [6, 6.07) is 20.3. The summed E-state index contributed by atoms with van der Waals surface area (Å²) >= 11 is 0. The Hall–Kier alpha value is -3.09. The summed E-state index contributed by atoms with van der Waals surface area (Å²) in [6.45, 7) is 3.95. The molecule has 6 heteroatoms. The van der Waals surface area contributed by atoms with Crippen molar-refractivity contribution >= 4 is 16.7 Å². The van der Waals surface area contributed by atoms with Gasteiger partial charge in [-0.15, -0.1) is 0 Å². The summed E-state index contributed by atoms with van der Waals surface area (Å²) in [4.78, 5) is 15.0. The third-order valence-corrected chi connectivity index (χ3v) is 6.09. The molecule has 3 aromatic carbocycles. The molecule has 1 amide bonds. The number of rotatable bonds is 9. The first kappa shape index (κ1) is 23.1. The second kappa shape index (κ2) is 11.2. The Kier molecular flexibility index (Phi) is 7.81. The van der Waals surface area contributed by atoms with E-state index < -0.39 is 0 Å². The Morgan fingerprint density at radius 2 is 1.76 bits per heavy atom. The van der Waals surface area contributed by atoms with Crippen molar-refractivity contribution in [2.24, 2.45) is 0 Å². The van der Waals surface area contributed by atoms with Gasteiger partial charge in [0.15, 0.2) is 0 Å². The van der Waals surface area contributed by atoms with Crippen LogP contribution < -0.4 is 14.8 Å². The Morgan fingerprint density at radius 3 is 2.55 bits per heavy atom.